The van der Waals surface area contributed by atoms with Crippen molar-refractivity contribution in [3.8, 4) is 0 Å². The average molecular weight is 262 g/mol. The zero-order valence-electron chi connectivity index (χ0n) is 13.4. The first-order valence-corrected chi connectivity index (χ1v) is 7.35. The molecule has 1 N–H and O–H groups in total. The van der Waals surface area contributed by atoms with Crippen LogP contribution in [0.4, 0.5) is 0 Å². The Balaban J connectivity index is 2.63. The van der Waals surface area contributed by atoms with Gasteiger partial charge in [0.25, 0.3) is 0 Å². The fraction of sp³-hybridized carbons (Fsp3) is 0.647. The summed E-state index contributed by atoms with van der Waals surface area (Å²) >= 11 is 0. The zero-order valence-corrected chi connectivity index (χ0v) is 13.4. The molecule has 0 spiro atoms. The molecule has 0 radical (unpaired) electrons. The van der Waals surface area contributed by atoms with Gasteiger partial charge in [0.1, 0.15) is 0 Å². The van der Waals surface area contributed by atoms with Crippen molar-refractivity contribution in [1.29, 1.82) is 0 Å². The molecule has 0 aliphatic carbocycles. The fourth-order valence-corrected chi connectivity index (χ4v) is 2.51. The molecule has 0 fully saturated rings. The summed E-state index contributed by atoms with van der Waals surface area (Å²) in [5.41, 5.74) is 2.70. The summed E-state index contributed by atoms with van der Waals surface area (Å²) in [5.74, 6) is 0.725. The van der Waals surface area contributed by atoms with E-state index in [9.17, 15) is 0 Å². The third-order valence-corrected chi connectivity index (χ3v) is 3.40. The molecular weight excluding hydrogens is 232 g/mol. The van der Waals surface area contributed by atoms with E-state index in [4.69, 9.17) is 0 Å². The molecule has 108 valence electrons. The number of nitrogens with one attached hydrogen (secondary N) is 1. The van der Waals surface area contributed by atoms with E-state index in [1.807, 2.05) is 0 Å². The summed E-state index contributed by atoms with van der Waals surface area (Å²) in [4.78, 5) is 2.27. The van der Waals surface area contributed by atoms with E-state index in [1.165, 1.54) is 17.5 Å². The van der Waals surface area contributed by atoms with Crippen molar-refractivity contribution in [3.05, 3.63) is 35.4 Å². The van der Waals surface area contributed by atoms with Crippen LogP contribution in [0.1, 0.15) is 44.4 Å². The highest BCUT2D eigenvalue weighted by molar-refractivity contribution is 5.23. The maximum absolute atomic E-state index is 3.77. The molecule has 0 aliphatic rings. The van der Waals surface area contributed by atoms with Crippen LogP contribution in [0.5, 0.6) is 0 Å². The van der Waals surface area contributed by atoms with Gasteiger partial charge in [0.2, 0.25) is 0 Å². The van der Waals surface area contributed by atoms with Crippen LogP contribution in [0.25, 0.3) is 0 Å². The second kappa shape index (κ2) is 7.66. The maximum atomic E-state index is 3.77. The molecule has 0 aliphatic heterocycles. The predicted molar refractivity (Wildman–Crippen MR) is 84.5 cm³/mol. The van der Waals surface area contributed by atoms with Crippen molar-refractivity contribution < 1.29 is 0 Å². The van der Waals surface area contributed by atoms with Gasteiger partial charge in [0.15, 0.2) is 0 Å². The lowest BCUT2D eigenvalue weighted by molar-refractivity contribution is 0.291. The van der Waals surface area contributed by atoms with Crippen LogP contribution in [0.3, 0.4) is 0 Å². The molecule has 2 heteroatoms. The number of aryl methyl sites for hydroxylation is 1. The van der Waals surface area contributed by atoms with Crippen LogP contribution < -0.4 is 5.32 Å². The molecule has 0 saturated heterocycles. The summed E-state index contributed by atoms with van der Waals surface area (Å²) in [5, 5.41) is 3.77. The van der Waals surface area contributed by atoms with Crippen molar-refractivity contribution in [2.75, 3.05) is 20.6 Å². The molecule has 1 aromatic rings. The van der Waals surface area contributed by atoms with Gasteiger partial charge >= 0.3 is 0 Å². The lowest BCUT2D eigenvalue weighted by Crippen LogP contribution is -2.40. The number of likely N-dealkylation sites (N-methyl/N-ethyl adjacent to an activating group) is 1. The van der Waals surface area contributed by atoms with Crippen LogP contribution >= 0.6 is 0 Å². The normalized spacial score (nSPS) is 14.9. The molecule has 2 unspecified atom stereocenters. The Labute approximate surface area is 119 Å². The molecule has 2 nitrogen and oxygen atoms in total. The lowest BCUT2D eigenvalue weighted by Gasteiger charge is -2.27. The van der Waals surface area contributed by atoms with Crippen molar-refractivity contribution in [3.63, 3.8) is 0 Å². The molecule has 0 heterocycles. The first kappa shape index (κ1) is 16.2. The van der Waals surface area contributed by atoms with E-state index in [0.717, 1.165) is 12.5 Å². The van der Waals surface area contributed by atoms with Crippen LogP contribution in [0.15, 0.2) is 24.3 Å². The molecule has 0 aromatic heterocycles. The highest BCUT2D eigenvalue weighted by Crippen LogP contribution is 2.16. The van der Waals surface area contributed by atoms with E-state index in [1.54, 1.807) is 0 Å². The van der Waals surface area contributed by atoms with Gasteiger partial charge in [-0.25, -0.2) is 0 Å². The highest BCUT2D eigenvalue weighted by Gasteiger charge is 2.15. The second-order valence-corrected chi connectivity index (χ2v) is 6.39. The Morgan fingerprint density at radius 1 is 1.05 bits per heavy atom. The van der Waals surface area contributed by atoms with Crippen LogP contribution in [-0.4, -0.2) is 31.6 Å². The van der Waals surface area contributed by atoms with Gasteiger partial charge in [-0.1, -0.05) is 43.7 Å². The van der Waals surface area contributed by atoms with E-state index in [-0.39, 0.29) is 0 Å². The second-order valence-electron chi connectivity index (χ2n) is 6.39. The van der Waals surface area contributed by atoms with E-state index < -0.39 is 0 Å². The predicted octanol–water partition coefficient (Wildman–Crippen LogP) is 3.62. The molecule has 1 aromatic carbocycles. The van der Waals surface area contributed by atoms with Crippen molar-refractivity contribution in [2.45, 2.75) is 46.2 Å². The van der Waals surface area contributed by atoms with Crippen LogP contribution in [0.2, 0.25) is 0 Å². The van der Waals surface area contributed by atoms with Crippen molar-refractivity contribution in [2.24, 2.45) is 5.92 Å². The zero-order chi connectivity index (χ0) is 14.4. The molecule has 0 bridgehead atoms. The molecule has 2 atom stereocenters. The molecule has 1 rings (SSSR count). The van der Waals surface area contributed by atoms with Gasteiger partial charge in [-0.15, -0.1) is 0 Å². The number of rotatable bonds is 7. The van der Waals surface area contributed by atoms with Crippen molar-refractivity contribution >= 4 is 0 Å². The summed E-state index contributed by atoms with van der Waals surface area (Å²) in [7, 11) is 4.29. The number of hydrogen-bond donors (Lipinski definition) is 1. The van der Waals surface area contributed by atoms with Crippen LogP contribution in [0, 0.1) is 12.8 Å². The first-order valence-electron chi connectivity index (χ1n) is 7.35. The third kappa shape index (κ3) is 6.22. The van der Waals surface area contributed by atoms with Crippen molar-refractivity contribution in [1.82, 2.24) is 10.2 Å². The fourth-order valence-electron chi connectivity index (χ4n) is 2.51. The van der Waals surface area contributed by atoms with Gasteiger partial charge < -0.3 is 10.2 Å². The number of hydrogen-bond acceptors (Lipinski definition) is 2. The van der Waals surface area contributed by atoms with Crippen LogP contribution in [-0.2, 0) is 0 Å². The quantitative estimate of drug-likeness (QED) is 0.807. The Morgan fingerprint density at radius 3 is 2.11 bits per heavy atom. The molecule has 0 amide bonds. The lowest BCUT2D eigenvalue weighted by atomic mass is 10.0. The standard InChI is InChI=1S/C17H30N2/c1-13(2)11-17(12-19(5)6)18-15(4)16-9-7-14(3)8-10-16/h7-10,13,15,17-18H,11-12H2,1-6H3. The molecular formula is C17H30N2. The smallest absolute Gasteiger partial charge is 0.0294 e. The van der Waals surface area contributed by atoms with Gasteiger partial charge in [-0.05, 0) is 45.8 Å². The number of nitrogens with zero attached hydrogens (tertiary/aromatic N) is 1. The summed E-state index contributed by atoms with van der Waals surface area (Å²) in [6.45, 7) is 10.1. The summed E-state index contributed by atoms with van der Waals surface area (Å²) in [6.07, 6.45) is 1.22. The molecule has 0 saturated carbocycles. The van der Waals surface area contributed by atoms with Gasteiger partial charge in [0, 0.05) is 18.6 Å². The topological polar surface area (TPSA) is 15.3 Å². The largest absolute Gasteiger partial charge is 0.308 e. The first-order chi connectivity index (χ1) is 8.88. The molecule has 19 heavy (non-hydrogen) atoms. The Hall–Kier alpha value is -0.860. The van der Waals surface area contributed by atoms with E-state index in [0.29, 0.717) is 12.1 Å². The number of benzene rings is 1. The monoisotopic (exact) mass is 262 g/mol. The minimum Gasteiger partial charge on any atom is -0.308 e. The van der Waals surface area contributed by atoms with E-state index in [2.05, 4.69) is 76.3 Å². The SMILES string of the molecule is Cc1ccc(C(C)NC(CC(C)C)CN(C)C)cc1. The summed E-state index contributed by atoms with van der Waals surface area (Å²) in [6, 6.07) is 9.80. The minimum absolute atomic E-state index is 0.407. The Kier molecular flexibility index (Phi) is 6.53. The Morgan fingerprint density at radius 2 is 1.63 bits per heavy atom. The average Bonchev–Trinajstić information content (AvgIpc) is 2.27. The minimum atomic E-state index is 0.407. The highest BCUT2D eigenvalue weighted by atomic mass is 15.1. The van der Waals surface area contributed by atoms with Gasteiger partial charge in [-0.2, -0.15) is 0 Å². The van der Waals surface area contributed by atoms with Gasteiger partial charge in [-0.3, -0.25) is 0 Å². The van der Waals surface area contributed by atoms with E-state index >= 15 is 0 Å². The van der Waals surface area contributed by atoms with Gasteiger partial charge in [0.05, 0.1) is 0 Å². The third-order valence-electron chi connectivity index (χ3n) is 3.40. The summed E-state index contributed by atoms with van der Waals surface area (Å²) < 4.78 is 0. The maximum Gasteiger partial charge on any atom is 0.0294 e. The Bertz CT molecular complexity index is 344.